The van der Waals surface area contributed by atoms with E-state index in [0.29, 0.717) is 26.1 Å². The molecule has 0 aromatic carbocycles. The quantitative estimate of drug-likeness (QED) is 0.688. The molecule has 1 saturated heterocycles. The zero-order chi connectivity index (χ0) is 11.3. The van der Waals surface area contributed by atoms with E-state index in [0.717, 1.165) is 13.1 Å². The molecule has 1 heterocycles. The largest absolute Gasteiger partial charge is 0.395 e. The number of hydrogen-bond donors (Lipinski definition) is 1. The Morgan fingerprint density at radius 1 is 1.20 bits per heavy atom. The molecule has 0 atom stereocenters. The van der Waals surface area contributed by atoms with Crippen molar-refractivity contribution in [2.75, 3.05) is 45.1 Å². The SMILES string of the molecule is CCCS(=O)(=O)N1CCN(CCO)CC1. The Bertz CT molecular complexity index is 271. The second kappa shape index (κ2) is 5.79. The highest BCUT2D eigenvalue weighted by molar-refractivity contribution is 7.89. The zero-order valence-electron chi connectivity index (χ0n) is 9.22. The third kappa shape index (κ3) is 3.71. The highest BCUT2D eigenvalue weighted by atomic mass is 32.2. The summed E-state index contributed by atoms with van der Waals surface area (Å²) in [4.78, 5) is 2.08. The summed E-state index contributed by atoms with van der Waals surface area (Å²) >= 11 is 0. The predicted molar refractivity (Wildman–Crippen MR) is 59.2 cm³/mol. The fraction of sp³-hybridized carbons (Fsp3) is 1.00. The van der Waals surface area contributed by atoms with Gasteiger partial charge in [-0.05, 0) is 6.42 Å². The average Bonchev–Trinajstić information content (AvgIpc) is 2.19. The summed E-state index contributed by atoms with van der Waals surface area (Å²) in [5.74, 6) is 0.243. The van der Waals surface area contributed by atoms with Gasteiger partial charge < -0.3 is 5.11 Å². The molecule has 6 heteroatoms. The van der Waals surface area contributed by atoms with Crippen molar-refractivity contribution >= 4 is 10.0 Å². The Morgan fingerprint density at radius 2 is 1.80 bits per heavy atom. The first-order chi connectivity index (χ1) is 7.10. The van der Waals surface area contributed by atoms with Gasteiger partial charge in [0.1, 0.15) is 0 Å². The highest BCUT2D eigenvalue weighted by Crippen LogP contribution is 2.08. The van der Waals surface area contributed by atoms with Gasteiger partial charge in [0.15, 0.2) is 0 Å². The van der Waals surface area contributed by atoms with E-state index in [-0.39, 0.29) is 12.4 Å². The molecule has 0 aromatic heterocycles. The van der Waals surface area contributed by atoms with Gasteiger partial charge in [0, 0.05) is 32.7 Å². The average molecular weight is 236 g/mol. The summed E-state index contributed by atoms with van der Waals surface area (Å²) in [6, 6.07) is 0. The summed E-state index contributed by atoms with van der Waals surface area (Å²) in [6.45, 7) is 5.22. The number of aliphatic hydroxyl groups excluding tert-OH is 1. The van der Waals surface area contributed by atoms with Crippen molar-refractivity contribution in [3.05, 3.63) is 0 Å². The first-order valence-corrected chi connectivity index (χ1v) is 7.02. The number of β-amino-alcohol motifs (C(OH)–C–C–N with tert-alkyl or cyclic N) is 1. The molecule has 0 radical (unpaired) electrons. The van der Waals surface area contributed by atoms with Crippen LogP contribution in [0.2, 0.25) is 0 Å². The number of hydrogen-bond acceptors (Lipinski definition) is 4. The van der Waals surface area contributed by atoms with Crippen LogP contribution < -0.4 is 0 Å². The van der Waals surface area contributed by atoms with E-state index in [4.69, 9.17) is 5.11 Å². The minimum Gasteiger partial charge on any atom is -0.395 e. The molecule has 0 amide bonds. The van der Waals surface area contributed by atoms with E-state index in [9.17, 15) is 8.42 Å². The van der Waals surface area contributed by atoms with Crippen LogP contribution in [0, 0.1) is 0 Å². The smallest absolute Gasteiger partial charge is 0.214 e. The third-order valence-electron chi connectivity index (χ3n) is 2.60. The molecule has 1 aliphatic heterocycles. The van der Waals surface area contributed by atoms with Gasteiger partial charge in [-0.2, -0.15) is 4.31 Å². The number of rotatable bonds is 5. The van der Waals surface area contributed by atoms with Crippen molar-refractivity contribution in [3.63, 3.8) is 0 Å². The lowest BCUT2D eigenvalue weighted by Gasteiger charge is -2.33. The standard InChI is InChI=1S/C9H20N2O3S/c1-2-9-15(13,14)11-5-3-10(4-6-11)7-8-12/h12H,2-9H2,1H3. The van der Waals surface area contributed by atoms with E-state index >= 15 is 0 Å². The molecule has 1 aliphatic rings. The lowest BCUT2D eigenvalue weighted by Crippen LogP contribution is -2.49. The van der Waals surface area contributed by atoms with E-state index in [2.05, 4.69) is 4.90 Å². The Morgan fingerprint density at radius 3 is 2.27 bits per heavy atom. The Kier molecular flexibility index (Phi) is 4.98. The normalized spacial score (nSPS) is 20.7. The molecule has 0 aromatic rings. The fourth-order valence-corrected chi connectivity index (χ4v) is 3.25. The molecule has 1 rings (SSSR count). The van der Waals surface area contributed by atoms with Gasteiger partial charge in [0.2, 0.25) is 10.0 Å². The van der Waals surface area contributed by atoms with E-state index < -0.39 is 10.0 Å². The van der Waals surface area contributed by atoms with Crippen LogP contribution in [0.15, 0.2) is 0 Å². The van der Waals surface area contributed by atoms with Gasteiger partial charge in [-0.15, -0.1) is 0 Å². The van der Waals surface area contributed by atoms with Gasteiger partial charge in [-0.3, -0.25) is 4.90 Å². The number of nitrogens with zero attached hydrogens (tertiary/aromatic N) is 2. The van der Waals surface area contributed by atoms with E-state index in [1.54, 1.807) is 4.31 Å². The lowest BCUT2D eigenvalue weighted by atomic mass is 10.4. The molecule has 90 valence electrons. The lowest BCUT2D eigenvalue weighted by molar-refractivity contribution is 0.151. The number of aliphatic hydroxyl groups is 1. The molecule has 1 N–H and O–H groups in total. The predicted octanol–water partition coefficient (Wildman–Crippen LogP) is -0.664. The molecule has 0 spiro atoms. The Balaban J connectivity index is 2.43. The maximum absolute atomic E-state index is 11.7. The van der Waals surface area contributed by atoms with E-state index in [1.165, 1.54) is 0 Å². The van der Waals surface area contributed by atoms with Crippen molar-refractivity contribution in [1.29, 1.82) is 0 Å². The van der Waals surface area contributed by atoms with Crippen molar-refractivity contribution in [3.8, 4) is 0 Å². The fourth-order valence-electron chi connectivity index (χ4n) is 1.76. The molecule has 0 aliphatic carbocycles. The monoisotopic (exact) mass is 236 g/mol. The molecule has 0 saturated carbocycles. The summed E-state index contributed by atoms with van der Waals surface area (Å²) in [6.07, 6.45) is 0.666. The zero-order valence-corrected chi connectivity index (χ0v) is 10.0. The van der Waals surface area contributed by atoms with Crippen LogP contribution in [0.4, 0.5) is 0 Å². The van der Waals surface area contributed by atoms with Gasteiger partial charge >= 0.3 is 0 Å². The second-order valence-electron chi connectivity index (χ2n) is 3.78. The van der Waals surface area contributed by atoms with Crippen LogP contribution in [0.5, 0.6) is 0 Å². The minimum atomic E-state index is -3.03. The summed E-state index contributed by atoms with van der Waals surface area (Å²) in [5, 5.41) is 8.75. The summed E-state index contributed by atoms with van der Waals surface area (Å²) in [5.41, 5.74) is 0. The van der Waals surface area contributed by atoms with Crippen LogP contribution in [0.3, 0.4) is 0 Å². The molecule has 15 heavy (non-hydrogen) atoms. The second-order valence-corrected chi connectivity index (χ2v) is 5.87. The third-order valence-corrected chi connectivity index (χ3v) is 4.68. The number of piperazine rings is 1. The van der Waals surface area contributed by atoms with Gasteiger partial charge in [-0.1, -0.05) is 6.92 Å². The summed E-state index contributed by atoms with van der Waals surface area (Å²) < 4.78 is 25.0. The van der Waals surface area contributed by atoms with E-state index in [1.807, 2.05) is 6.92 Å². The highest BCUT2D eigenvalue weighted by Gasteiger charge is 2.25. The minimum absolute atomic E-state index is 0.141. The molecular weight excluding hydrogens is 216 g/mol. The maximum atomic E-state index is 11.7. The molecule has 5 nitrogen and oxygen atoms in total. The Hall–Kier alpha value is -0.170. The van der Waals surface area contributed by atoms with Crippen LogP contribution in [-0.2, 0) is 10.0 Å². The van der Waals surface area contributed by atoms with Crippen molar-refractivity contribution in [2.45, 2.75) is 13.3 Å². The first kappa shape index (κ1) is 12.9. The maximum Gasteiger partial charge on any atom is 0.214 e. The van der Waals surface area contributed by atoms with Crippen molar-refractivity contribution in [1.82, 2.24) is 9.21 Å². The van der Waals surface area contributed by atoms with Crippen LogP contribution in [0.25, 0.3) is 0 Å². The molecule has 0 unspecified atom stereocenters. The van der Waals surface area contributed by atoms with Gasteiger partial charge in [0.25, 0.3) is 0 Å². The van der Waals surface area contributed by atoms with Crippen LogP contribution >= 0.6 is 0 Å². The molecule has 0 bridgehead atoms. The molecular formula is C9H20N2O3S. The van der Waals surface area contributed by atoms with Crippen LogP contribution in [-0.4, -0.2) is 67.8 Å². The van der Waals surface area contributed by atoms with Crippen LogP contribution in [0.1, 0.15) is 13.3 Å². The summed E-state index contributed by atoms with van der Waals surface area (Å²) in [7, 11) is -3.03. The van der Waals surface area contributed by atoms with Crippen molar-refractivity contribution < 1.29 is 13.5 Å². The topological polar surface area (TPSA) is 60.9 Å². The van der Waals surface area contributed by atoms with Crippen molar-refractivity contribution in [2.24, 2.45) is 0 Å². The Labute approximate surface area is 91.7 Å². The van der Waals surface area contributed by atoms with Gasteiger partial charge in [0.05, 0.1) is 12.4 Å². The number of sulfonamides is 1. The van der Waals surface area contributed by atoms with Gasteiger partial charge in [-0.25, -0.2) is 8.42 Å². The molecule has 1 fully saturated rings. The first-order valence-electron chi connectivity index (χ1n) is 5.41.